The minimum atomic E-state index is -0.266. The molecule has 0 amide bonds. The zero-order chi connectivity index (χ0) is 11.4. The van der Waals surface area contributed by atoms with Crippen LogP contribution in [0.5, 0.6) is 0 Å². The molecule has 0 atom stereocenters. The molecule has 0 rings (SSSR count). The van der Waals surface area contributed by atoms with Crippen molar-refractivity contribution in [3.05, 3.63) is 0 Å². The molecule has 0 aliphatic carbocycles. The predicted molar refractivity (Wildman–Crippen MR) is 65.8 cm³/mol. The number of hydrogen-bond acceptors (Lipinski definition) is 1. The third-order valence-electron chi connectivity index (χ3n) is 2.82. The second-order valence-electron chi connectivity index (χ2n) is 4.36. The second-order valence-corrected chi connectivity index (χ2v) is 4.36. The van der Waals surface area contributed by atoms with Gasteiger partial charge in [0.2, 0.25) is 0 Å². The molecule has 0 unspecified atom stereocenters. The first-order valence-electron chi connectivity index (χ1n) is 6.63. The molecule has 1 nitrogen and oxygen atoms in total. The maximum atomic E-state index is 12.6. The van der Waals surface area contributed by atoms with E-state index < -0.39 is 0 Å². The van der Waals surface area contributed by atoms with Crippen molar-refractivity contribution in [1.82, 2.24) is 4.90 Å². The van der Waals surface area contributed by atoms with Crippen molar-refractivity contribution in [3.63, 3.8) is 0 Å². The van der Waals surface area contributed by atoms with Gasteiger partial charge < -0.3 is 0 Å². The fourth-order valence-corrected chi connectivity index (χ4v) is 1.76. The lowest BCUT2D eigenvalue weighted by atomic mass is 10.2. The minimum absolute atomic E-state index is 0.266. The van der Waals surface area contributed by atoms with Crippen molar-refractivity contribution < 1.29 is 4.39 Å². The van der Waals surface area contributed by atoms with Gasteiger partial charge in [0.05, 0.1) is 0 Å². The lowest BCUT2D eigenvalue weighted by molar-refractivity contribution is 0.178. The second kappa shape index (κ2) is 12.0. The van der Waals surface area contributed by atoms with Crippen molar-refractivity contribution in [3.8, 4) is 0 Å². The fourth-order valence-electron chi connectivity index (χ4n) is 1.76. The highest BCUT2D eigenvalue weighted by Crippen LogP contribution is 2.05. The molecular weight excluding hydrogens is 189 g/mol. The largest absolute Gasteiger partial charge is 0.277 e. The zero-order valence-corrected chi connectivity index (χ0v) is 10.6. The van der Waals surface area contributed by atoms with Crippen molar-refractivity contribution in [2.75, 3.05) is 19.9 Å². The van der Waals surface area contributed by atoms with E-state index in [0.29, 0.717) is 0 Å². The Morgan fingerprint density at radius 2 is 1.20 bits per heavy atom. The number of rotatable bonds is 11. The molecule has 0 bridgehead atoms. The van der Waals surface area contributed by atoms with E-state index in [4.69, 9.17) is 0 Å². The van der Waals surface area contributed by atoms with Crippen LogP contribution in [0.15, 0.2) is 0 Å². The lowest BCUT2D eigenvalue weighted by Gasteiger charge is -2.17. The Kier molecular flexibility index (Phi) is 11.9. The van der Waals surface area contributed by atoms with Crippen LogP contribution in [0, 0.1) is 0 Å². The summed E-state index contributed by atoms with van der Waals surface area (Å²) in [7, 11) is 0. The maximum Gasteiger partial charge on any atom is 0.143 e. The van der Waals surface area contributed by atoms with Crippen LogP contribution in [0.1, 0.15) is 65.2 Å². The Bertz CT molecular complexity index is 105. The van der Waals surface area contributed by atoms with Crippen molar-refractivity contribution >= 4 is 0 Å². The van der Waals surface area contributed by atoms with Gasteiger partial charge in [0, 0.05) is 13.1 Å². The van der Waals surface area contributed by atoms with Crippen LogP contribution in [0.25, 0.3) is 0 Å². The lowest BCUT2D eigenvalue weighted by Crippen LogP contribution is -2.25. The highest BCUT2D eigenvalue weighted by molar-refractivity contribution is 4.54. The van der Waals surface area contributed by atoms with Gasteiger partial charge >= 0.3 is 0 Å². The molecule has 0 aromatic rings. The Hall–Kier alpha value is -0.110. The summed E-state index contributed by atoms with van der Waals surface area (Å²) in [5.74, 6) is 0. The first-order chi connectivity index (χ1) is 7.35. The molecule has 0 aliphatic rings. The molecule has 15 heavy (non-hydrogen) atoms. The highest BCUT2D eigenvalue weighted by atomic mass is 19.1. The van der Waals surface area contributed by atoms with E-state index in [0.717, 1.165) is 25.9 Å². The van der Waals surface area contributed by atoms with Gasteiger partial charge in [-0.3, -0.25) is 4.90 Å². The molecule has 0 heterocycles. The molecule has 0 saturated carbocycles. The summed E-state index contributed by atoms with van der Waals surface area (Å²) < 4.78 is 12.6. The topological polar surface area (TPSA) is 3.24 Å². The van der Waals surface area contributed by atoms with Crippen LogP contribution in [0.4, 0.5) is 4.39 Å². The Balaban J connectivity index is 3.29. The van der Waals surface area contributed by atoms with Crippen LogP contribution >= 0.6 is 0 Å². The third kappa shape index (κ3) is 10.2. The maximum absolute atomic E-state index is 12.6. The van der Waals surface area contributed by atoms with Crippen LogP contribution < -0.4 is 0 Å². The van der Waals surface area contributed by atoms with E-state index in [2.05, 4.69) is 13.8 Å². The molecular formula is C13H28FN. The number of halogens is 1. The molecule has 0 aromatic carbocycles. The van der Waals surface area contributed by atoms with Gasteiger partial charge in [-0.15, -0.1) is 0 Å². The number of unbranched alkanes of at least 4 members (excludes halogenated alkanes) is 6. The predicted octanol–water partition coefficient (Wildman–Crippen LogP) is 4.38. The molecule has 0 N–H and O–H groups in total. The molecule has 0 spiro atoms. The van der Waals surface area contributed by atoms with E-state index in [1.807, 2.05) is 4.90 Å². The summed E-state index contributed by atoms with van der Waals surface area (Å²) in [6, 6.07) is 0. The van der Waals surface area contributed by atoms with Gasteiger partial charge in [0.1, 0.15) is 6.80 Å². The van der Waals surface area contributed by atoms with Crippen LogP contribution in [0.3, 0.4) is 0 Å². The zero-order valence-electron chi connectivity index (χ0n) is 10.6. The molecule has 0 aromatic heterocycles. The summed E-state index contributed by atoms with van der Waals surface area (Å²) in [6.45, 7) is 6.04. The van der Waals surface area contributed by atoms with Crippen LogP contribution in [-0.4, -0.2) is 24.8 Å². The van der Waals surface area contributed by atoms with Crippen LogP contribution in [0.2, 0.25) is 0 Å². The Morgan fingerprint density at radius 3 is 1.53 bits per heavy atom. The van der Waals surface area contributed by atoms with Crippen molar-refractivity contribution in [2.24, 2.45) is 0 Å². The normalized spacial score (nSPS) is 11.2. The number of alkyl halides is 1. The highest BCUT2D eigenvalue weighted by Gasteiger charge is 2.02. The molecule has 0 aliphatic heterocycles. The van der Waals surface area contributed by atoms with Crippen LogP contribution in [-0.2, 0) is 0 Å². The average molecular weight is 217 g/mol. The van der Waals surface area contributed by atoms with E-state index in [-0.39, 0.29) is 6.80 Å². The molecule has 0 fully saturated rings. The van der Waals surface area contributed by atoms with Gasteiger partial charge in [-0.25, -0.2) is 4.39 Å². The summed E-state index contributed by atoms with van der Waals surface area (Å²) in [6.07, 6.45) is 9.91. The quantitative estimate of drug-likeness (QED) is 0.367. The van der Waals surface area contributed by atoms with Gasteiger partial charge in [-0.2, -0.15) is 0 Å². The number of nitrogens with zero attached hydrogens (tertiary/aromatic N) is 1. The third-order valence-corrected chi connectivity index (χ3v) is 2.82. The van der Waals surface area contributed by atoms with E-state index in [1.165, 1.54) is 38.5 Å². The Morgan fingerprint density at radius 1 is 0.733 bits per heavy atom. The minimum Gasteiger partial charge on any atom is -0.277 e. The SMILES string of the molecule is CCCCCCN(CF)CCCCCC. The fraction of sp³-hybridized carbons (Fsp3) is 1.00. The summed E-state index contributed by atoms with van der Waals surface area (Å²) in [4.78, 5) is 1.95. The first kappa shape index (κ1) is 14.9. The summed E-state index contributed by atoms with van der Waals surface area (Å²) in [5.41, 5.74) is 0. The van der Waals surface area contributed by atoms with Gasteiger partial charge in [-0.1, -0.05) is 52.4 Å². The van der Waals surface area contributed by atoms with Crippen molar-refractivity contribution in [2.45, 2.75) is 65.2 Å². The van der Waals surface area contributed by atoms with Crippen molar-refractivity contribution in [1.29, 1.82) is 0 Å². The van der Waals surface area contributed by atoms with Gasteiger partial charge in [0.15, 0.2) is 0 Å². The average Bonchev–Trinajstić information content (AvgIpc) is 2.27. The van der Waals surface area contributed by atoms with E-state index in [9.17, 15) is 4.39 Å². The van der Waals surface area contributed by atoms with E-state index in [1.54, 1.807) is 0 Å². The summed E-state index contributed by atoms with van der Waals surface area (Å²) >= 11 is 0. The number of hydrogen-bond donors (Lipinski definition) is 0. The Labute approximate surface area is 95.0 Å². The van der Waals surface area contributed by atoms with Gasteiger partial charge in [-0.05, 0) is 12.8 Å². The smallest absolute Gasteiger partial charge is 0.143 e. The summed E-state index contributed by atoms with van der Waals surface area (Å²) in [5, 5.41) is 0. The molecule has 0 saturated heterocycles. The molecule has 92 valence electrons. The first-order valence-corrected chi connectivity index (χ1v) is 6.63. The monoisotopic (exact) mass is 217 g/mol. The van der Waals surface area contributed by atoms with Gasteiger partial charge in [0.25, 0.3) is 0 Å². The molecule has 2 heteroatoms. The molecule has 0 radical (unpaired) electrons. The standard InChI is InChI=1S/C13H28FN/c1-3-5-7-9-11-15(13-14)12-10-8-6-4-2/h3-13H2,1-2H3. The van der Waals surface area contributed by atoms with E-state index >= 15 is 0 Å².